The van der Waals surface area contributed by atoms with Crippen LogP contribution in [0.3, 0.4) is 0 Å². The Hall–Kier alpha value is -1.85. The van der Waals surface area contributed by atoms with Crippen LogP contribution in [0.15, 0.2) is 30.5 Å². The maximum Gasteiger partial charge on any atom is 0.223 e. The molecule has 1 aliphatic heterocycles. The van der Waals surface area contributed by atoms with Crippen LogP contribution in [0.5, 0.6) is 0 Å². The van der Waals surface area contributed by atoms with Crippen molar-refractivity contribution in [1.82, 2.24) is 20.7 Å². The summed E-state index contributed by atoms with van der Waals surface area (Å²) < 4.78 is 0. The second-order valence-electron chi connectivity index (χ2n) is 7.72. The van der Waals surface area contributed by atoms with Crippen LogP contribution in [0.2, 0.25) is 0 Å². The first-order chi connectivity index (χ1) is 12.1. The van der Waals surface area contributed by atoms with E-state index in [0.29, 0.717) is 36.4 Å². The van der Waals surface area contributed by atoms with Gasteiger partial charge >= 0.3 is 0 Å². The zero-order valence-electron chi connectivity index (χ0n) is 15.1. The lowest BCUT2D eigenvalue weighted by atomic mass is 9.91. The predicted molar refractivity (Wildman–Crippen MR) is 99.8 cm³/mol. The molecule has 4 rings (SSSR count). The van der Waals surface area contributed by atoms with E-state index in [4.69, 9.17) is 0 Å². The number of amides is 1. The molecule has 5 nitrogen and oxygen atoms in total. The van der Waals surface area contributed by atoms with Crippen molar-refractivity contribution >= 4 is 16.8 Å². The number of H-pyrrole nitrogens is 1. The molecule has 2 unspecified atom stereocenters. The van der Waals surface area contributed by atoms with Gasteiger partial charge in [0.25, 0.3) is 0 Å². The number of nitrogens with one attached hydrogen (secondary N) is 3. The smallest absolute Gasteiger partial charge is 0.223 e. The molecule has 1 aromatic heterocycles. The Morgan fingerprint density at radius 2 is 1.92 bits per heavy atom. The highest BCUT2D eigenvalue weighted by Crippen LogP contribution is 2.30. The van der Waals surface area contributed by atoms with Gasteiger partial charge in [-0.25, -0.2) is 0 Å². The summed E-state index contributed by atoms with van der Waals surface area (Å²) in [4.78, 5) is 18.2. The Bertz CT molecular complexity index is 741. The number of benzene rings is 1. The maximum atomic E-state index is 12.9. The van der Waals surface area contributed by atoms with Crippen molar-refractivity contribution in [3.05, 3.63) is 36.0 Å². The monoisotopic (exact) mass is 340 g/mol. The minimum absolute atomic E-state index is 0.308. The summed E-state index contributed by atoms with van der Waals surface area (Å²) >= 11 is 0. The van der Waals surface area contributed by atoms with E-state index in [1.165, 1.54) is 10.9 Å². The molecule has 2 aromatic rings. The van der Waals surface area contributed by atoms with Gasteiger partial charge in [-0.05, 0) is 68.2 Å². The van der Waals surface area contributed by atoms with Gasteiger partial charge in [-0.3, -0.25) is 15.6 Å². The molecule has 0 spiro atoms. The fourth-order valence-electron chi connectivity index (χ4n) is 4.05. The summed E-state index contributed by atoms with van der Waals surface area (Å²) in [6, 6.07) is 9.83. The molecular formula is C20H28N4O. The van der Waals surface area contributed by atoms with Crippen molar-refractivity contribution in [1.29, 1.82) is 0 Å². The van der Waals surface area contributed by atoms with Crippen LogP contribution >= 0.6 is 0 Å². The lowest BCUT2D eigenvalue weighted by molar-refractivity contribution is -0.132. The number of carbonyl (C=O) groups excluding carboxylic acids is 1. The van der Waals surface area contributed by atoms with Crippen molar-refractivity contribution in [3.63, 3.8) is 0 Å². The number of aromatic nitrogens is 1. The number of hydrazine groups is 1. The highest BCUT2D eigenvalue weighted by Gasteiger charge is 2.34. The quantitative estimate of drug-likeness (QED) is 0.758. The molecule has 1 aromatic carbocycles. The molecule has 1 saturated carbocycles. The highest BCUT2D eigenvalue weighted by atomic mass is 16.2. The zero-order valence-corrected chi connectivity index (χ0v) is 15.1. The molecule has 0 radical (unpaired) electrons. The van der Waals surface area contributed by atoms with E-state index in [1.807, 2.05) is 6.20 Å². The first-order valence-corrected chi connectivity index (χ1v) is 9.48. The largest absolute Gasteiger partial charge is 0.361 e. The second-order valence-corrected chi connectivity index (χ2v) is 7.72. The standard InChI is InChI=1S/C20H28N4O/c1-13-18(14(2)23-22-13)6-8-20(25)24(17-4-5-17)12-15-3-7-19-16(11-15)9-10-21-19/h3,7,9-11,13-14,17-18,21-23H,4-6,8,12H2,1-2H3. The number of aromatic amines is 1. The Morgan fingerprint density at radius 3 is 2.64 bits per heavy atom. The molecule has 134 valence electrons. The number of nitrogens with zero attached hydrogens (tertiary/aromatic N) is 1. The maximum absolute atomic E-state index is 12.9. The molecular weight excluding hydrogens is 312 g/mol. The van der Waals surface area contributed by atoms with Crippen LogP contribution in [0.4, 0.5) is 0 Å². The predicted octanol–water partition coefficient (Wildman–Crippen LogP) is 2.94. The second kappa shape index (κ2) is 6.81. The molecule has 1 saturated heterocycles. The van der Waals surface area contributed by atoms with Gasteiger partial charge < -0.3 is 9.88 Å². The van der Waals surface area contributed by atoms with Crippen molar-refractivity contribution in [2.45, 2.75) is 64.2 Å². The first-order valence-electron chi connectivity index (χ1n) is 9.48. The van der Waals surface area contributed by atoms with Gasteiger partial charge in [0.15, 0.2) is 0 Å². The summed E-state index contributed by atoms with van der Waals surface area (Å²) in [6.07, 6.45) is 5.85. The van der Waals surface area contributed by atoms with E-state index >= 15 is 0 Å². The van der Waals surface area contributed by atoms with E-state index in [2.05, 4.69) is 58.8 Å². The minimum atomic E-state index is 0.308. The fourth-order valence-corrected chi connectivity index (χ4v) is 4.05. The summed E-state index contributed by atoms with van der Waals surface area (Å²) in [7, 11) is 0. The van der Waals surface area contributed by atoms with Crippen LogP contribution in [0.25, 0.3) is 10.9 Å². The van der Waals surface area contributed by atoms with E-state index in [-0.39, 0.29) is 0 Å². The molecule has 0 bridgehead atoms. The van der Waals surface area contributed by atoms with Gasteiger partial charge in [-0.2, -0.15) is 0 Å². The van der Waals surface area contributed by atoms with E-state index in [0.717, 1.165) is 31.3 Å². The number of hydrogen-bond donors (Lipinski definition) is 3. The van der Waals surface area contributed by atoms with Gasteiger partial charge in [0.05, 0.1) is 0 Å². The molecule has 1 aliphatic carbocycles. The Kier molecular flexibility index (Phi) is 4.52. The molecule has 5 heteroatoms. The Labute approximate surface area is 149 Å². The number of rotatable bonds is 6. The lowest BCUT2D eigenvalue weighted by Gasteiger charge is -2.24. The van der Waals surface area contributed by atoms with Gasteiger partial charge in [-0.1, -0.05) is 6.07 Å². The fraction of sp³-hybridized carbons (Fsp3) is 0.550. The van der Waals surface area contributed by atoms with Gasteiger partial charge in [-0.15, -0.1) is 0 Å². The average Bonchev–Trinajstić information content (AvgIpc) is 3.25. The normalized spacial score (nSPS) is 26.2. The summed E-state index contributed by atoms with van der Waals surface area (Å²) in [5.41, 5.74) is 8.94. The van der Waals surface area contributed by atoms with Crippen LogP contribution in [0.1, 0.15) is 45.1 Å². The molecule has 25 heavy (non-hydrogen) atoms. The van der Waals surface area contributed by atoms with Crippen LogP contribution in [-0.2, 0) is 11.3 Å². The summed E-state index contributed by atoms with van der Waals surface area (Å²) in [5, 5.41) is 1.21. The van der Waals surface area contributed by atoms with Crippen LogP contribution in [0, 0.1) is 5.92 Å². The molecule has 2 heterocycles. The van der Waals surface area contributed by atoms with Crippen molar-refractivity contribution in [2.75, 3.05) is 0 Å². The van der Waals surface area contributed by atoms with Gasteiger partial charge in [0.1, 0.15) is 0 Å². The summed E-state index contributed by atoms with van der Waals surface area (Å²) in [5.74, 6) is 0.823. The van der Waals surface area contributed by atoms with E-state index in [1.54, 1.807) is 0 Å². The Morgan fingerprint density at radius 1 is 1.16 bits per heavy atom. The van der Waals surface area contributed by atoms with E-state index in [9.17, 15) is 4.79 Å². The van der Waals surface area contributed by atoms with Crippen molar-refractivity contribution in [2.24, 2.45) is 5.92 Å². The number of fused-ring (bicyclic) bond motifs is 1. The number of hydrogen-bond acceptors (Lipinski definition) is 3. The number of carbonyl (C=O) groups is 1. The first kappa shape index (κ1) is 16.6. The topological polar surface area (TPSA) is 60.2 Å². The molecule has 1 amide bonds. The summed E-state index contributed by atoms with van der Waals surface area (Å²) in [6.45, 7) is 5.11. The lowest BCUT2D eigenvalue weighted by Crippen LogP contribution is -2.34. The highest BCUT2D eigenvalue weighted by molar-refractivity contribution is 5.80. The van der Waals surface area contributed by atoms with Gasteiger partial charge in [0, 0.05) is 42.8 Å². The van der Waals surface area contributed by atoms with Crippen molar-refractivity contribution in [3.8, 4) is 0 Å². The third-order valence-corrected chi connectivity index (χ3v) is 5.79. The molecule has 2 aliphatic rings. The molecule has 2 atom stereocenters. The third-order valence-electron chi connectivity index (χ3n) is 5.79. The minimum Gasteiger partial charge on any atom is -0.361 e. The average molecular weight is 340 g/mol. The third kappa shape index (κ3) is 3.58. The molecule has 3 N–H and O–H groups in total. The zero-order chi connectivity index (χ0) is 17.4. The van der Waals surface area contributed by atoms with Crippen molar-refractivity contribution < 1.29 is 4.79 Å². The van der Waals surface area contributed by atoms with Crippen LogP contribution < -0.4 is 10.9 Å². The molecule has 2 fully saturated rings. The SMILES string of the molecule is CC1NNC(C)C1CCC(=O)N(Cc1ccc2[nH]ccc2c1)C1CC1. The van der Waals surface area contributed by atoms with Gasteiger partial charge in [0.2, 0.25) is 5.91 Å². The van der Waals surface area contributed by atoms with E-state index < -0.39 is 0 Å². The van der Waals surface area contributed by atoms with Crippen LogP contribution in [-0.4, -0.2) is 33.9 Å². The Balaban J connectivity index is 1.41.